The molecule has 2 nitrogen and oxygen atoms in total. The summed E-state index contributed by atoms with van der Waals surface area (Å²) in [6, 6.07) is 12.1. The lowest BCUT2D eigenvalue weighted by atomic mass is 9.94. The van der Waals surface area contributed by atoms with Crippen LogP contribution >= 0.6 is 0 Å². The second-order valence-electron chi connectivity index (χ2n) is 7.27. The SMILES string of the molecule is COc1ccc(C(O)C2C(C)(C)C2(C)C)c2ccccc12. The van der Waals surface area contributed by atoms with Gasteiger partial charge in [0.2, 0.25) is 0 Å². The zero-order chi connectivity index (χ0) is 15.4. The van der Waals surface area contributed by atoms with Crippen molar-refractivity contribution < 1.29 is 9.84 Å². The molecule has 2 aromatic carbocycles. The minimum Gasteiger partial charge on any atom is -0.496 e. The number of hydrogen-bond donors (Lipinski definition) is 1. The van der Waals surface area contributed by atoms with Crippen LogP contribution in [-0.4, -0.2) is 12.2 Å². The molecule has 0 bridgehead atoms. The Bertz CT molecular complexity index is 671. The monoisotopic (exact) mass is 284 g/mol. The molecular weight excluding hydrogens is 260 g/mol. The number of benzene rings is 2. The molecule has 1 aliphatic carbocycles. The van der Waals surface area contributed by atoms with E-state index in [-0.39, 0.29) is 16.7 Å². The van der Waals surface area contributed by atoms with Gasteiger partial charge in [0.1, 0.15) is 5.75 Å². The average molecular weight is 284 g/mol. The second kappa shape index (κ2) is 4.48. The van der Waals surface area contributed by atoms with E-state index in [1.165, 1.54) is 0 Å². The summed E-state index contributed by atoms with van der Waals surface area (Å²) in [5.74, 6) is 1.14. The van der Waals surface area contributed by atoms with E-state index in [1.807, 2.05) is 30.3 Å². The molecule has 0 saturated heterocycles. The molecule has 21 heavy (non-hydrogen) atoms. The van der Waals surface area contributed by atoms with Crippen LogP contribution in [0.3, 0.4) is 0 Å². The van der Waals surface area contributed by atoms with Crippen molar-refractivity contribution in [3.8, 4) is 5.75 Å². The van der Waals surface area contributed by atoms with Crippen LogP contribution in [0.2, 0.25) is 0 Å². The third kappa shape index (κ3) is 1.89. The minimum absolute atomic E-state index is 0.160. The van der Waals surface area contributed by atoms with Gasteiger partial charge < -0.3 is 9.84 Å². The molecule has 112 valence electrons. The molecule has 2 aromatic rings. The van der Waals surface area contributed by atoms with Gasteiger partial charge in [0.25, 0.3) is 0 Å². The predicted molar refractivity (Wildman–Crippen MR) is 86.5 cm³/mol. The Morgan fingerprint density at radius 2 is 1.52 bits per heavy atom. The van der Waals surface area contributed by atoms with Crippen molar-refractivity contribution in [2.24, 2.45) is 16.7 Å². The maximum atomic E-state index is 11.0. The van der Waals surface area contributed by atoms with Crippen LogP contribution in [-0.2, 0) is 0 Å². The van der Waals surface area contributed by atoms with Gasteiger partial charge in [-0.3, -0.25) is 0 Å². The molecule has 0 amide bonds. The Morgan fingerprint density at radius 1 is 0.952 bits per heavy atom. The Kier molecular flexibility index (Phi) is 3.07. The molecule has 0 aromatic heterocycles. The number of rotatable bonds is 3. The highest BCUT2D eigenvalue weighted by atomic mass is 16.5. The Hall–Kier alpha value is -1.54. The zero-order valence-corrected chi connectivity index (χ0v) is 13.5. The molecule has 1 unspecified atom stereocenters. The molecular formula is C19H24O2. The maximum Gasteiger partial charge on any atom is 0.126 e. The number of aliphatic hydroxyl groups is 1. The average Bonchev–Trinajstić information content (AvgIpc) is 2.86. The smallest absolute Gasteiger partial charge is 0.126 e. The first-order valence-electron chi connectivity index (χ1n) is 7.56. The molecule has 3 rings (SSSR count). The topological polar surface area (TPSA) is 29.5 Å². The van der Waals surface area contributed by atoms with Gasteiger partial charge in [0, 0.05) is 11.3 Å². The van der Waals surface area contributed by atoms with Crippen LogP contribution in [0.1, 0.15) is 39.4 Å². The van der Waals surface area contributed by atoms with Crippen LogP contribution < -0.4 is 4.74 Å². The fraction of sp³-hybridized carbons (Fsp3) is 0.474. The van der Waals surface area contributed by atoms with Crippen molar-refractivity contribution in [1.29, 1.82) is 0 Å². The third-order valence-electron chi connectivity index (χ3n) is 5.90. The first-order chi connectivity index (χ1) is 9.82. The van der Waals surface area contributed by atoms with Gasteiger partial charge >= 0.3 is 0 Å². The Morgan fingerprint density at radius 3 is 2.05 bits per heavy atom. The summed E-state index contributed by atoms with van der Waals surface area (Å²) in [4.78, 5) is 0. The molecule has 0 aliphatic heterocycles. The van der Waals surface area contributed by atoms with Crippen molar-refractivity contribution in [2.75, 3.05) is 7.11 Å². The highest BCUT2D eigenvalue weighted by Crippen LogP contribution is 2.72. The highest BCUT2D eigenvalue weighted by molar-refractivity contribution is 5.91. The molecule has 0 spiro atoms. The maximum absolute atomic E-state index is 11.0. The normalized spacial score (nSPS) is 21.2. The predicted octanol–water partition coefficient (Wildman–Crippen LogP) is 4.56. The van der Waals surface area contributed by atoms with Gasteiger partial charge in [-0.25, -0.2) is 0 Å². The molecule has 2 heteroatoms. The highest BCUT2D eigenvalue weighted by Gasteiger charge is 2.67. The van der Waals surface area contributed by atoms with Gasteiger partial charge in [-0.15, -0.1) is 0 Å². The summed E-state index contributed by atoms with van der Waals surface area (Å²) in [5, 5.41) is 13.1. The van der Waals surface area contributed by atoms with Crippen molar-refractivity contribution in [3.05, 3.63) is 42.0 Å². The van der Waals surface area contributed by atoms with Gasteiger partial charge in [-0.2, -0.15) is 0 Å². The van der Waals surface area contributed by atoms with Gasteiger partial charge in [0.05, 0.1) is 13.2 Å². The fourth-order valence-electron chi connectivity index (χ4n) is 3.95. The van der Waals surface area contributed by atoms with E-state index in [9.17, 15) is 5.11 Å². The number of methoxy groups -OCH3 is 1. The summed E-state index contributed by atoms with van der Waals surface area (Å²) < 4.78 is 5.44. The summed E-state index contributed by atoms with van der Waals surface area (Å²) in [6.45, 7) is 8.97. The quantitative estimate of drug-likeness (QED) is 0.895. The molecule has 1 atom stereocenters. The lowest BCUT2D eigenvalue weighted by Crippen LogP contribution is -2.06. The number of aliphatic hydroxyl groups excluding tert-OH is 1. The minimum atomic E-state index is -0.439. The standard InChI is InChI=1S/C19H24O2/c1-18(2)17(19(18,3)4)16(20)14-10-11-15(21-5)13-9-7-6-8-12(13)14/h6-11,16-17,20H,1-5H3. The van der Waals surface area contributed by atoms with E-state index in [0.29, 0.717) is 0 Å². The van der Waals surface area contributed by atoms with Crippen molar-refractivity contribution in [1.82, 2.24) is 0 Å². The second-order valence-corrected chi connectivity index (χ2v) is 7.27. The Labute approximate surface area is 126 Å². The van der Waals surface area contributed by atoms with Gasteiger partial charge in [-0.05, 0) is 27.8 Å². The molecule has 0 radical (unpaired) electrons. The largest absolute Gasteiger partial charge is 0.496 e. The lowest BCUT2D eigenvalue weighted by molar-refractivity contribution is 0.132. The van der Waals surface area contributed by atoms with E-state index in [0.717, 1.165) is 22.1 Å². The number of ether oxygens (including phenoxy) is 1. The molecule has 1 saturated carbocycles. The lowest BCUT2D eigenvalue weighted by Gasteiger charge is -2.17. The first-order valence-corrected chi connectivity index (χ1v) is 7.56. The number of hydrogen-bond acceptors (Lipinski definition) is 2. The third-order valence-corrected chi connectivity index (χ3v) is 5.90. The summed E-state index contributed by atoms with van der Waals surface area (Å²) >= 11 is 0. The van der Waals surface area contributed by atoms with Crippen molar-refractivity contribution >= 4 is 10.8 Å². The molecule has 1 aliphatic rings. The van der Waals surface area contributed by atoms with Crippen LogP contribution in [0, 0.1) is 16.7 Å². The van der Waals surface area contributed by atoms with E-state index < -0.39 is 6.10 Å². The van der Waals surface area contributed by atoms with Gasteiger partial charge in [-0.1, -0.05) is 58.0 Å². The molecule has 1 fully saturated rings. The van der Waals surface area contributed by atoms with Crippen LogP contribution in [0.15, 0.2) is 36.4 Å². The fourth-order valence-corrected chi connectivity index (χ4v) is 3.95. The molecule has 1 N–H and O–H groups in total. The van der Waals surface area contributed by atoms with Crippen LogP contribution in [0.4, 0.5) is 0 Å². The van der Waals surface area contributed by atoms with Crippen molar-refractivity contribution in [3.63, 3.8) is 0 Å². The summed E-state index contributed by atoms with van der Waals surface area (Å²) in [7, 11) is 1.69. The van der Waals surface area contributed by atoms with Crippen LogP contribution in [0.25, 0.3) is 10.8 Å². The van der Waals surface area contributed by atoms with Gasteiger partial charge in [0.15, 0.2) is 0 Å². The first kappa shape index (κ1) is 14.4. The Balaban J connectivity index is 2.10. The van der Waals surface area contributed by atoms with E-state index >= 15 is 0 Å². The summed E-state index contributed by atoms with van der Waals surface area (Å²) in [5.41, 5.74) is 1.33. The zero-order valence-electron chi connectivity index (χ0n) is 13.5. The van der Waals surface area contributed by atoms with E-state index in [4.69, 9.17) is 4.74 Å². The van der Waals surface area contributed by atoms with E-state index in [2.05, 4.69) is 33.8 Å². The number of fused-ring (bicyclic) bond motifs is 1. The summed E-state index contributed by atoms with van der Waals surface area (Å²) in [6.07, 6.45) is -0.439. The van der Waals surface area contributed by atoms with Crippen LogP contribution in [0.5, 0.6) is 5.75 Å². The van der Waals surface area contributed by atoms with Crippen molar-refractivity contribution in [2.45, 2.75) is 33.8 Å². The molecule has 0 heterocycles. The van der Waals surface area contributed by atoms with E-state index in [1.54, 1.807) is 7.11 Å².